The van der Waals surface area contributed by atoms with Crippen LogP contribution in [-0.2, 0) is 24.2 Å². The summed E-state index contributed by atoms with van der Waals surface area (Å²) in [6, 6.07) is 16.2. The number of benzene rings is 2. The smallest absolute Gasteiger partial charge is 0.407 e. The number of carbonyl (C=O) groups excluding carboxylic acids is 1. The molecule has 0 aromatic heterocycles. The van der Waals surface area contributed by atoms with E-state index in [1.54, 1.807) is 0 Å². The summed E-state index contributed by atoms with van der Waals surface area (Å²) in [5.41, 5.74) is 3.67. The Morgan fingerprint density at radius 3 is 2.82 bits per heavy atom. The second-order valence-electron chi connectivity index (χ2n) is 5.56. The van der Waals surface area contributed by atoms with Gasteiger partial charge in [-0.15, -0.1) is 0 Å². The summed E-state index contributed by atoms with van der Waals surface area (Å²) in [6.45, 7) is 0.307. The number of nitrogens with one attached hydrogen (secondary N) is 1. The largest absolute Gasteiger partial charge is 0.445 e. The zero-order chi connectivity index (χ0) is 15.4. The molecule has 1 N–H and O–H groups in total. The number of amides is 1. The highest BCUT2D eigenvalue weighted by Crippen LogP contribution is 2.24. The number of carbonyl (C=O) groups is 1. The van der Waals surface area contributed by atoms with Crippen LogP contribution in [0.1, 0.15) is 23.1 Å². The standard InChI is InChI=1S/C18H18BrNO2/c19-16-8-6-14-7-9-17(11-15(14)10-16)20-18(21)22-12-13-4-2-1-3-5-13/h1-6,8,10,17H,7,9,11-12H2,(H,20,21). The summed E-state index contributed by atoms with van der Waals surface area (Å²) in [5.74, 6) is 0. The van der Waals surface area contributed by atoms with Crippen LogP contribution >= 0.6 is 15.9 Å². The normalized spacial score (nSPS) is 16.7. The monoisotopic (exact) mass is 359 g/mol. The Morgan fingerprint density at radius 2 is 2.00 bits per heavy atom. The third-order valence-corrected chi connectivity index (χ3v) is 4.42. The first-order valence-electron chi connectivity index (χ1n) is 7.45. The van der Waals surface area contributed by atoms with Gasteiger partial charge >= 0.3 is 6.09 Å². The zero-order valence-electron chi connectivity index (χ0n) is 12.2. The fourth-order valence-electron chi connectivity index (χ4n) is 2.78. The maximum absolute atomic E-state index is 11.9. The van der Waals surface area contributed by atoms with E-state index in [0.29, 0.717) is 6.61 Å². The lowest BCUT2D eigenvalue weighted by Gasteiger charge is -2.25. The molecule has 114 valence electrons. The molecule has 22 heavy (non-hydrogen) atoms. The highest BCUT2D eigenvalue weighted by Gasteiger charge is 2.20. The van der Waals surface area contributed by atoms with E-state index >= 15 is 0 Å². The molecule has 0 fully saturated rings. The minimum Gasteiger partial charge on any atom is -0.445 e. The van der Waals surface area contributed by atoms with Gasteiger partial charge < -0.3 is 10.1 Å². The van der Waals surface area contributed by atoms with Gasteiger partial charge in [0.25, 0.3) is 0 Å². The van der Waals surface area contributed by atoms with Crippen LogP contribution in [0.3, 0.4) is 0 Å². The molecule has 0 saturated carbocycles. The highest BCUT2D eigenvalue weighted by molar-refractivity contribution is 9.10. The third kappa shape index (κ3) is 3.89. The van der Waals surface area contributed by atoms with Gasteiger partial charge in [-0.2, -0.15) is 0 Å². The van der Waals surface area contributed by atoms with E-state index in [2.05, 4.69) is 39.4 Å². The Hall–Kier alpha value is -1.81. The molecule has 2 aromatic rings. The van der Waals surface area contributed by atoms with Crippen LogP contribution in [0.15, 0.2) is 53.0 Å². The van der Waals surface area contributed by atoms with Crippen LogP contribution < -0.4 is 5.32 Å². The fourth-order valence-corrected chi connectivity index (χ4v) is 3.19. The van der Waals surface area contributed by atoms with Crippen LogP contribution in [0, 0.1) is 0 Å². The Kier molecular flexibility index (Phi) is 4.78. The van der Waals surface area contributed by atoms with Crippen molar-refractivity contribution in [1.82, 2.24) is 5.32 Å². The minimum absolute atomic E-state index is 0.144. The molecule has 1 atom stereocenters. The Labute approximate surface area is 138 Å². The molecule has 1 amide bonds. The molecule has 1 aliphatic rings. The van der Waals surface area contributed by atoms with E-state index in [1.165, 1.54) is 11.1 Å². The van der Waals surface area contributed by atoms with Gasteiger partial charge in [0, 0.05) is 10.5 Å². The lowest BCUT2D eigenvalue weighted by molar-refractivity contribution is 0.134. The van der Waals surface area contributed by atoms with Gasteiger partial charge in [0.2, 0.25) is 0 Å². The summed E-state index contributed by atoms with van der Waals surface area (Å²) in [5, 5.41) is 2.97. The molecular formula is C18H18BrNO2. The van der Waals surface area contributed by atoms with E-state index in [9.17, 15) is 4.79 Å². The van der Waals surface area contributed by atoms with Crippen molar-refractivity contribution in [2.24, 2.45) is 0 Å². The van der Waals surface area contributed by atoms with Crippen molar-refractivity contribution in [3.05, 3.63) is 69.7 Å². The van der Waals surface area contributed by atoms with Gasteiger partial charge in [0.05, 0.1) is 0 Å². The topological polar surface area (TPSA) is 38.3 Å². The zero-order valence-corrected chi connectivity index (χ0v) is 13.8. The number of ether oxygens (including phenoxy) is 1. The number of hydrogen-bond donors (Lipinski definition) is 1. The summed E-state index contributed by atoms with van der Waals surface area (Å²) in [7, 11) is 0. The minimum atomic E-state index is -0.340. The van der Waals surface area contributed by atoms with Gasteiger partial charge in [-0.3, -0.25) is 0 Å². The number of halogens is 1. The lowest BCUT2D eigenvalue weighted by Crippen LogP contribution is -2.39. The molecule has 0 aliphatic heterocycles. The molecule has 4 heteroatoms. The number of fused-ring (bicyclic) bond motifs is 1. The van der Waals surface area contributed by atoms with E-state index in [-0.39, 0.29) is 12.1 Å². The maximum atomic E-state index is 11.9. The molecule has 3 rings (SSSR count). The summed E-state index contributed by atoms with van der Waals surface area (Å²) in [4.78, 5) is 11.9. The first kappa shape index (κ1) is 15.1. The average molecular weight is 360 g/mol. The second-order valence-corrected chi connectivity index (χ2v) is 6.47. The number of alkyl carbamates (subject to hydrolysis) is 1. The van der Waals surface area contributed by atoms with Crippen molar-refractivity contribution in [2.75, 3.05) is 0 Å². The van der Waals surface area contributed by atoms with Crippen molar-refractivity contribution >= 4 is 22.0 Å². The number of hydrogen-bond acceptors (Lipinski definition) is 2. The molecule has 0 radical (unpaired) electrons. The van der Waals surface area contributed by atoms with Crippen molar-refractivity contribution in [2.45, 2.75) is 31.9 Å². The van der Waals surface area contributed by atoms with Gasteiger partial charge in [-0.1, -0.05) is 52.3 Å². The SMILES string of the molecule is O=C(NC1CCc2ccc(Br)cc2C1)OCc1ccccc1. The average Bonchev–Trinajstić information content (AvgIpc) is 2.53. The molecule has 0 bridgehead atoms. The van der Waals surface area contributed by atoms with Crippen molar-refractivity contribution in [3.63, 3.8) is 0 Å². The van der Waals surface area contributed by atoms with Gasteiger partial charge in [0.15, 0.2) is 0 Å². The van der Waals surface area contributed by atoms with Crippen molar-refractivity contribution in [1.29, 1.82) is 0 Å². The molecule has 0 heterocycles. The van der Waals surface area contributed by atoms with Crippen LogP contribution in [0.5, 0.6) is 0 Å². The maximum Gasteiger partial charge on any atom is 0.407 e. The van der Waals surface area contributed by atoms with Crippen molar-refractivity contribution in [3.8, 4) is 0 Å². The quantitative estimate of drug-likeness (QED) is 0.890. The molecule has 2 aromatic carbocycles. The number of aryl methyl sites for hydroxylation is 1. The highest BCUT2D eigenvalue weighted by atomic mass is 79.9. The lowest BCUT2D eigenvalue weighted by atomic mass is 9.88. The molecule has 1 aliphatic carbocycles. The Bertz CT molecular complexity index is 657. The van der Waals surface area contributed by atoms with Crippen molar-refractivity contribution < 1.29 is 9.53 Å². The second kappa shape index (κ2) is 6.97. The van der Waals surface area contributed by atoms with Crippen LogP contribution in [0.4, 0.5) is 4.79 Å². The summed E-state index contributed by atoms with van der Waals surface area (Å²) in [6.07, 6.45) is 2.46. The summed E-state index contributed by atoms with van der Waals surface area (Å²) >= 11 is 3.50. The van der Waals surface area contributed by atoms with E-state index in [1.807, 2.05) is 30.3 Å². The Morgan fingerprint density at radius 1 is 1.18 bits per heavy atom. The van der Waals surface area contributed by atoms with E-state index < -0.39 is 0 Å². The Balaban J connectivity index is 1.52. The van der Waals surface area contributed by atoms with Gasteiger partial charge in [-0.25, -0.2) is 4.79 Å². The molecule has 0 spiro atoms. The van der Waals surface area contributed by atoms with Crippen LogP contribution in [0.25, 0.3) is 0 Å². The first-order chi connectivity index (χ1) is 10.7. The van der Waals surface area contributed by atoms with Gasteiger partial charge in [0.1, 0.15) is 6.61 Å². The molecule has 1 unspecified atom stereocenters. The molecular weight excluding hydrogens is 342 g/mol. The van der Waals surface area contributed by atoms with Crippen LogP contribution in [-0.4, -0.2) is 12.1 Å². The molecule has 0 saturated heterocycles. The molecule has 3 nitrogen and oxygen atoms in total. The van der Waals surface area contributed by atoms with Crippen LogP contribution in [0.2, 0.25) is 0 Å². The summed E-state index contributed by atoms with van der Waals surface area (Å²) < 4.78 is 6.37. The van der Waals surface area contributed by atoms with E-state index in [0.717, 1.165) is 29.3 Å². The fraction of sp³-hybridized carbons (Fsp3) is 0.278. The van der Waals surface area contributed by atoms with E-state index in [4.69, 9.17) is 4.74 Å². The predicted molar refractivity (Wildman–Crippen MR) is 89.7 cm³/mol. The predicted octanol–water partition coefficient (Wildman–Crippen LogP) is 4.23. The third-order valence-electron chi connectivity index (χ3n) is 3.93. The number of rotatable bonds is 3. The first-order valence-corrected chi connectivity index (χ1v) is 8.24. The van der Waals surface area contributed by atoms with Gasteiger partial charge in [-0.05, 0) is 48.1 Å².